The topological polar surface area (TPSA) is 51.1 Å². The SMILES string of the molecule is Cc1cc(CCNS(=O)(=O)c2ccccc2)c(C)n1-c1ccccc1. The summed E-state index contributed by atoms with van der Waals surface area (Å²) < 4.78 is 29.4. The number of rotatable bonds is 6. The van der Waals surface area contributed by atoms with Crippen LogP contribution in [0, 0.1) is 13.8 Å². The second-order valence-corrected chi connectivity index (χ2v) is 7.80. The molecule has 25 heavy (non-hydrogen) atoms. The van der Waals surface area contributed by atoms with Crippen LogP contribution in [0.1, 0.15) is 17.0 Å². The summed E-state index contributed by atoms with van der Waals surface area (Å²) in [4.78, 5) is 0.296. The Labute approximate surface area is 149 Å². The Morgan fingerprint density at radius 3 is 2.16 bits per heavy atom. The normalized spacial score (nSPS) is 11.6. The van der Waals surface area contributed by atoms with E-state index >= 15 is 0 Å². The largest absolute Gasteiger partial charge is 0.318 e. The maximum absolute atomic E-state index is 12.3. The Balaban J connectivity index is 1.73. The number of benzene rings is 2. The minimum Gasteiger partial charge on any atom is -0.318 e. The van der Waals surface area contributed by atoms with Crippen LogP contribution in [-0.2, 0) is 16.4 Å². The lowest BCUT2D eigenvalue weighted by Gasteiger charge is -2.10. The first-order chi connectivity index (χ1) is 12.0. The number of aromatic nitrogens is 1. The molecule has 0 atom stereocenters. The van der Waals surface area contributed by atoms with Crippen LogP contribution in [0.2, 0.25) is 0 Å². The van der Waals surface area contributed by atoms with Crippen molar-refractivity contribution in [2.24, 2.45) is 0 Å². The van der Waals surface area contributed by atoms with Gasteiger partial charge >= 0.3 is 0 Å². The van der Waals surface area contributed by atoms with E-state index < -0.39 is 10.0 Å². The van der Waals surface area contributed by atoms with Gasteiger partial charge < -0.3 is 4.57 Å². The molecule has 2 aromatic carbocycles. The van der Waals surface area contributed by atoms with Crippen LogP contribution in [0.3, 0.4) is 0 Å². The minimum atomic E-state index is -3.46. The molecular formula is C20H22N2O2S. The van der Waals surface area contributed by atoms with E-state index in [9.17, 15) is 8.42 Å². The molecule has 0 fully saturated rings. The van der Waals surface area contributed by atoms with Crippen molar-refractivity contribution in [1.82, 2.24) is 9.29 Å². The maximum atomic E-state index is 12.3. The van der Waals surface area contributed by atoms with Crippen molar-refractivity contribution in [3.05, 3.63) is 83.7 Å². The van der Waals surface area contributed by atoms with E-state index in [0.717, 1.165) is 22.6 Å². The van der Waals surface area contributed by atoms with Gasteiger partial charge in [0.15, 0.2) is 0 Å². The van der Waals surface area contributed by atoms with E-state index in [-0.39, 0.29) is 0 Å². The Hall–Kier alpha value is -2.37. The molecule has 1 N–H and O–H groups in total. The molecule has 0 amide bonds. The predicted octanol–water partition coefficient (Wildman–Crippen LogP) is 3.62. The molecule has 0 bridgehead atoms. The zero-order valence-corrected chi connectivity index (χ0v) is 15.3. The zero-order valence-electron chi connectivity index (χ0n) is 14.4. The first-order valence-corrected chi connectivity index (χ1v) is 9.75. The summed E-state index contributed by atoms with van der Waals surface area (Å²) in [6.07, 6.45) is 0.651. The van der Waals surface area contributed by atoms with Gasteiger partial charge in [-0.3, -0.25) is 0 Å². The first-order valence-electron chi connectivity index (χ1n) is 8.27. The van der Waals surface area contributed by atoms with Crippen molar-refractivity contribution >= 4 is 10.0 Å². The first kappa shape index (κ1) is 17.5. The summed E-state index contributed by atoms with van der Waals surface area (Å²) in [5.74, 6) is 0. The molecule has 0 aliphatic rings. The highest BCUT2D eigenvalue weighted by Crippen LogP contribution is 2.21. The monoisotopic (exact) mass is 354 g/mol. The third kappa shape index (κ3) is 3.83. The third-order valence-corrected chi connectivity index (χ3v) is 5.77. The average molecular weight is 354 g/mol. The van der Waals surface area contributed by atoms with Crippen molar-refractivity contribution in [3.63, 3.8) is 0 Å². The van der Waals surface area contributed by atoms with Crippen molar-refractivity contribution < 1.29 is 8.42 Å². The van der Waals surface area contributed by atoms with Crippen LogP contribution in [0.5, 0.6) is 0 Å². The van der Waals surface area contributed by atoms with Gasteiger partial charge in [-0.1, -0.05) is 36.4 Å². The van der Waals surface area contributed by atoms with Gasteiger partial charge in [0.1, 0.15) is 0 Å². The number of hydrogen-bond acceptors (Lipinski definition) is 2. The van der Waals surface area contributed by atoms with E-state index in [2.05, 4.69) is 41.3 Å². The lowest BCUT2D eigenvalue weighted by Crippen LogP contribution is -2.26. The highest BCUT2D eigenvalue weighted by Gasteiger charge is 2.14. The Morgan fingerprint density at radius 1 is 0.920 bits per heavy atom. The van der Waals surface area contributed by atoms with Crippen molar-refractivity contribution in [1.29, 1.82) is 0 Å². The smallest absolute Gasteiger partial charge is 0.240 e. The number of aryl methyl sites for hydroxylation is 1. The summed E-state index contributed by atoms with van der Waals surface area (Å²) in [7, 11) is -3.46. The molecule has 1 heterocycles. The van der Waals surface area contributed by atoms with Gasteiger partial charge in [-0.05, 0) is 56.2 Å². The maximum Gasteiger partial charge on any atom is 0.240 e. The van der Waals surface area contributed by atoms with Crippen LogP contribution in [0.4, 0.5) is 0 Å². The lowest BCUT2D eigenvalue weighted by atomic mass is 10.2. The Morgan fingerprint density at radius 2 is 1.52 bits per heavy atom. The summed E-state index contributed by atoms with van der Waals surface area (Å²) in [6.45, 7) is 4.51. The second kappa shape index (κ2) is 7.25. The summed E-state index contributed by atoms with van der Waals surface area (Å²) >= 11 is 0. The quantitative estimate of drug-likeness (QED) is 0.735. The second-order valence-electron chi connectivity index (χ2n) is 6.03. The van der Waals surface area contributed by atoms with Gasteiger partial charge in [0.05, 0.1) is 4.90 Å². The molecule has 0 aliphatic heterocycles. The molecule has 0 saturated carbocycles. The van der Waals surface area contributed by atoms with Gasteiger partial charge in [-0.15, -0.1) is 0 Å². The zero-order chi connectivity index (χ0) is 17.9. The molecule has 4 nitrogen and oxygen atoms in total. The fourth-order valence-electron chi connectivity index (χ4n) is 3.06. The van der Waals surface area contributed by atoms with Crippen LogP contribution in [0.25, 0.3) is 5.69 Å². The number of sulfonamides is 1. The number of nitrogens with one attached hydrogen (secondary N) is 1. The van der Waals surface area contributed by atoms with E-state index in [0.29, 0.717) is 17.9 Å². The van der Waals surface area contributed by atoms with Gasteiger partial charge in [-0.25, -0.2) is 13.1 Å². The van der Waals surface area contributed by atoms with E-state index in [1.807, 2.05) is 18.2 Å². The predicted molar refractivity (Wildman–Crippen MR) is 101 cm³/mol. The third-order valence-electron chi connectivity index (χ3n) is 4.29. The van der Waals surface area contributed by atoms with Crippen LogP contribution < -0.4 is 4.72 Å². The molecule has 0 saturated heterocycles. The van der Waals surface area contributed by atoms with Gasteiger partial charge in [-0.2, -0.15) is 0 Å². The highest BCUT2D eigenvalue weighted by atomic mass is 32.2. The van der Waals surface area contributed by atoms with Gasteiger partial charge in [0, 0.05) is 23.6 Å². The summed E-state index contributed by atoms with van der Waals surface area (Å²) in [5, 5.41) is 0. The molecule has 130 valence electrons. The lowest BCUT2D eigenvalue weighted by molar-refractivity contribution is 0.581. The van der Waals surface area contributed by atoms with Crippen molar-refractivity contribution in [2.45, 2.75) is 25.2 Å². The van der Waals surface area contributed by atoms with Crippen LogP contribution in [0.15, 0.2) is 71.6 Å². The van der Waals surface area contributed by atoms with E-state index in [4.69, 9.17) is 0 Å². The van der Waals surface area contributed by atoms with Gasteiger partial charge in [0.2, 0.25) is 10.0 Å². The minimum absolute atomic E-state index is 0.296. The molecule has 5 heteroatoms. The van der Waals surface area contributed by atoms with Gasteiger partial charge in [0.25, 0.3) is 0 Å². The van der Waals surface area contributed by atoms with Crippen molar-refractivity contribution in [3.8, 4) is 5.69 Å². The molecule has 1 aromatic heterocycles. The van der Waals surface area contributed by atoms with E-state index in [1.165, 1.54) is 0 Å². The fourth-order valence-corrected chi connectivity index (χ4v) is 4.11. The summed E-state index contributed by atoms with van der Waals surface area (Å²) in [6, 6.07) is 20.7. The number of para-hydroxylation sites is 1. The Kier molecular flexibility index (Phi) is 5.06. The molecule has 0 aliphatic carbocycles. The fraction of sp³-hybridized carbons (Fsp3) is 0.200. The van der Waals surface area contributed by atoms with Crippen molar-refractivity contribution in [2.75, 3.05) is 6.54 Å². The number of hydrogen-bond donors (Lipinski definition) is 1. The van der Waals surface area contributed by atoms with Crippen LogP contribution in [-0.4, -0.2) is 19.5 Å². The van der Waals surface area contributed by atoms with Crippen LogP contribution >= 0.6 is 0 Å². The Bertz CT molecular complexity index is 946. The standard InChI is InChI=1S/C20H22N2O2S/c1-16-15-18(17(2)22(16)19-9-5-3-6-10-19)13-14-21-25(23,24)20-11-7-4-8-12-20/h3-12,15,21H,13-14H2,1-2H3. The molecule has 0 spiro atoms. The number of nitrogens with zero attached hydrogens (tertiary/aromatic N) is 1. The highest BCUT2D eigenvalue weighted by molar-refractivity contribution is 7.89. The molecule has 3 rings (SSSR count). The molecule has 3 aromatic rings. The molecule has 0 unspecified atom stereocenters. The molecule has 0 radical (unpaired) electrons. The molecular weight excluding hydrogens is 332 g/mol. The summed E-state index contributed by atoms with van der Waals surface area (Å²) in [5.41, 5.74) is 4.55. The van der Waals surface area contributed by atoms with E-state index in [1.54, 1.807) is 30.3 Å². The average Bonchev–Trinajstić information content (AvgIpc) is 2.90.